The summed E-state index contributed by atoms with van der Waals surface area (Å²) >= 11 is 0. The quantitative estimate of drug-likeness (QED) is 0.640. The summed E-state index contributed by atoms with van der Waals surface area (Å²) in [5, 5.41) is 5.05. The Labute approximate surface area is 213 Å². The van der Waals surface area contributed by atoms with E-state index in [0.29, 0.717) is 37.1 Å². The predicted octanol–water partition coefficient (Wildman–Crippen LogP) is 4.50. The number of methoxy groups -OCH3 is 1. The van der Waals surface area contributed by atoms with Crippen LogP contribution in [0.15, 0.2) is 42.6 Å². The molecule has 3 heterocycles. The number of pyridine rings is 1. The van der Waals surface area contributed by atoms with Crippen molar-refractivity contribution in [3.8, 4) is 11.6 Å². The van der Waals surface area contributed by atoms with Gasteiger partial charge >= 0.3 is 0 Å². The maximum Gasteiger partial charge on any atom is 0.243 e. The summed E-state index contributed by atoms with van der Waals surface area (Å²) in [6.45, 7) is 4.81. The zero-order chi connectivity index (χ0) is 25.2. The molecular formula is C29H37N3O4. The highest BCUT2D eigenvalue weighted by molar-refractivity contribution is 5.89. The topological polar surface area (TPSA) is 80.8 Å². The first-order chi connectivity index (χ1) is 17.4. The van der Waals surface area contributed by atoms with Crippen LogP contribution in [-0.2, 0) is 9.59 Å². The molecule has 7 nitrogen and oxygen atoms in total. The monoisotopic (exact) mass is 491 g/mol. The number of benzene rings is 1. The molecule has 5 rings (SSSR count). The number of nitrogens with zero attached hydrogens (tertiary/aromatic N) is 2. The number of hydrogen-bond acceptors (Lipinski definition) is 5. The molecule has 2 aliphatic heterocycles. The largest absolute Gasteiger partial charge is 0.497 e. The molecule has 0 radical (unpaired) electrons. The average molecular weight is 492 g/mol. The molecule has 192 valence electrons. The van der Waals surface area contributed by atoms with Gasteiger partial charge in [-0.15, -0.1) is 0 Å². The normalized spacial score (nSPS) is 32.0. The van der Waals surface area contributed by atoms with Crippen LogP contribution < -0.4 is 14.8 Å². The maximum absolute atomic E-state index is 13.4. The minimum atomic E-state index is -0.516. The molecule has 3 aliphatic rings. The van der Waals surface area contributed by atoms with Crippen molar-refractivity contribution in [2.75, 3.05) is 13.7 Å². The van der Waals surface area contributed by atoms with Crippen LogP contribution in [0.5, 0.6) is 11.6 Å². The van der Waals surface area contributed by atoms with Crippen LogP contribution in [-0.4, -0.2) is 53.5 Å². The minimum Gasteiger partial charge on any atom is -0.497 e. The molecule has 0 unspecified atom stereocenters. The van der Waals surface area contributed by atoms with Gasteiger partial charge in [0.1, 0.15) is 17.9 Å². The Balaban J connectivity index is 1.35. The zero-order valence-electron chi connectivity index (χ0n) is 21.5. The molecule has 6 atom stereocenters. The number of nitrogens with one attached hydrogen (secondary N) is 1. The Morgan fingerprint density at radius 1 is 1.08 bits per heavy atom. The van der Waals surface area contributed by atoms with Crippen molar-refractivity contribution in [3.05, 3.63) is 42.6 Å². The van der Waals surface area contributed by atoms with E-state index in [4.69, 9.17) is 9.47 Å². The van der Waals surface area contributed by atoms with E-state index >= 15 is 0 Å². The third kappa shape index (κ3) is 5.50. The van der Waals surface area contributed by atoms with Gasteiger partial charge in [-0.1, -0.05) is 26.0 Å². The van der Waals surface area contributed by atoms with E-state index in [1.54, 1.807) is 18.2 Å². The van der Waals surface area contributed by atoms with Crippen molar-refractivity contribution >= 4 is 22.6 Å². The van der Waals surface area contributed by atoms with Crippen LogP contribution in [0.25, 0.3) is 10.8 Å². The molecule has 1 N–H and O–H groups in total. The molecule has 1 aromatic heterocycles. The molecule has 2 aromatic rings. The number of hydrogen-bond donors (Lipinski definition) is 1. The van der Waals surface area contributed by atoms with Gasteiger partial charge in [0.15, 0.2) is 0 Å². The van der Waals surface area contributed by atoms with Gasteiger partial charge in [0, 0.05) is 30.5 Å². The third-order valence-electron chi connectivity index (χ3n) is 7.80. The SMILES string of the molecule is COc1ccc2c(O[C@@H]3C[C@H]4C(=O)N[C@@H]5C[C@H]5/C=C\CC[C@@H](C)C[C@@H](C)CC(=O)N4C3)nccc2c1. The molecule has 36 heavy (non-hydrogen) atoms. The first-order valence-electron chi connectivity index (χ1n) is 13.3. The molecule has 1 saturated heterocycles. The summed E-state index contributed by atoms with van der Waals surface area (Å²) < 4.78 is 11.7. The average Bonchev–Trinajstić information content (AvgIpc) is 3.44. The molecule has 7 heteroatoms. The molecule has 1 aliphatic carbocycles. The lowest BCUT2D eigenvalue weighted by atomic mass is 9.91. The van der Waals surface area contributed by atoms with Gasteiger partial charge in [-0.2, -0.15) is 0 Å². The van der Waals surface area contributed by atoms with E-state index in [-0.39, 0.29) is 29.9 Å². The van der Waals surface area contributed by atoms with Crippen molar-refractivity contribution in [2.24, 2.45) is 17.8 Å². The summed E-state index contributed by atoms with van der Waals surface area (Å²) in [7, 11) is 1.64. The lowest BCUT2D eigenvalue weighted by Crippen LogP contribution is -2.47. The standard InChI is InChI=1S/C29H37N3O4/c1-18-6-4-5-7-21-15-25(21)31-28(34)26-16-23(17-32(26)27(33)13-19(2)12-18)36-29-24-9-8-22(35-3)14-20(24)10-11-30-29/h5,7-11,14,18-19,21,23,25-26H,4,6,12-13,15-17H2,1-3H3,(H,31,34)/b7-5-/t18-,19-,21-,23-,25-,26+/m1/s1. The second kappa shape index (κ2) is 10.5. The predicted molar refractivity (Wildman–Crippen MR) is 139 cm³/mol. The first kappa shape index (κ1) is 24.6. The van der Waals surface area contributed by atoms with Gasteiger partial charge in [-0.05, 0) is 73.1 Å². The van der Waals surface area contributed by atoms with Crippen molar-refractivity contribution in [1.29, 1.82) is 0 Å². The van der Waals surface area contributed by atoms with Crippen molar-refractivity contribution in [3.63, 3.8) is 0 Å². The van der Waals surface area contributed by atoms with Gasteiger partial charge in [0.25, 0.3) is 0 Å². The summed E-state index contributed by atoms with van der Waals surface area (Å²) in [6, 6.07) is 7.34. The fourth-order valence-electron chi connectivity index (χ4n) is 5.74. The van der Waals surface area contributed by atoms with Crippen LogP contribution in [0.1, 0.15) is 52.4 Å². The fraction of sp³-hybridized carbons (Fsp3) is 0.552. The Kier molecular flexibility index (Phi) is 7.17. The number of fused-ring (bicyclic) bond motifs is 3. The highest BCUT2D eigenvalue weighted by Gasteiger charge is 2.44. The van der Waals surface area contributed by atoms with Crippen molar-refractivity contribution in [2.45, 2.75) is 70.6 Å². The van der Waals surface area contributed by atoms with Crippen LogP contribution in [0.3, 0.4) is 0 Å². The zero-order valence-corrected chi connectivity index (χ0v) is 21.5. The van der Waals surface area contributed by atoms with Gasteiger partial charge in [-0.3, -0.25) is 9.59 Å². The van der Waals surface area contributed by atoms with Gasteiger partial charge in [0.05, 0.1) is 13.7 Å². The van der Waals surface area contributed by atoms with E-state index in [1.165, 1.54) is 0 Å². The van der Waals surface area contributed by atoms with Crippen molar-refractivity contribution < 1.29 is 19.1 Å². The molecule has 2 amide bonds. The second-order valence-electron chi connectivity index (χ2n) is 10.9. The van der Waals surface area contributed by atoms with Gasteiger partial charge in [-0.25, -0.2) is 4.98 Å². The highest BCUT2D eigenvalue weighted by atomic mass is 16.5. The summed E-state index contributed by atoms with van der Waals surface area (Å²) in [6.07, 6.45) is 11.0. The lowest BCUT2D eigenvalue weighted by Gasteiger charge is -2.25. The number of allylic oxidation sites excluding steroid dienone is 1. The molecule has 0 spiro atoms. The van der Waals surface area contributed by atoms with E-state index in [0.717, 1.165) is 42.2 Å². The second-order valence-corrected chi connectivity index (χ2v) is 10.9. The highest BCUT2D eigenvalue weighted by Crippen LogP contribution is 2.34. The number of carbonyl (C=O) groups excluding carboxylic acids is 2. The molecule has 0 bridgehead atoms. The Morgan fingerprint density at radius 2 is 1.94 bits per heavy atom. The Morgan fingerprint density at radius 3 is 2.78 bits per heavy atom. The first-order valence-corrected chi connectivity index (χ1v) is 13.3. The Hall–Kier alpha value is -3.09. The van der Waals surface area contributed by atoms with E-state index in [1.807, 2.05) is 24.3 Å². The van der Waals surface area contributed by atoms with Gasteiger partial charge < -0.3 is 19.7 Å². The molecule has 2 fully saturated rings. The maximum atomic E-state index is 13.4. The lowest BCUT2D eigenvalue weighted by molar-refractivity contribution is -0.139. The van der Waals surface area contributed by atoms with E-state index in [9.17, 15) is 9.59 Å². The van der Waals surface area contributed by atoms with Gasteiger partial charge in [0.2, 0.25) is 17.7 Å². The van der Waals surface area contributed by atoms with Crippen LogP contribution >= 0.6 is 0 Å². The summed E-state index contributed by atoms with van der Waals surface area (Å²) in [5.41, 5.74) is 0. The number of rotatable bonds is 3. The van der Waals surface area contributed by atoms with Crippen LogP contribution in [0, 0.1) is 17.8 Å². The molecule has 1 saturated carbocycles. The summed E-state index contributed by atoms with van der Waals surface area (Å²) in [4.78, 5) is 33.0. The van der Waals surface area contributed by atoms with Crippen LogP contribution in [0.4, 0.5) is 0 Å². The number of amides is 2. The smallest absolute Gasteiger partial charge is 0.243 e. The van der Waals surface area contributed by atoms with Crippen molar-refractivity contribution in [1.82, 2.24) is 15.2 Å². The fourth-order valence-corrected chi connectivity index (χ4v) is 5.74. The number of aromatic nitrogens is 1. The third-order valence-corrected chi connectivity index (χ3v) is 7.80. The number of ether oxygens (including phenoxy) is 2. The summed E-state index contributed by atoms with van der Waals surface area (Å²) in [5.74, 6) is 2.50. The molecular weight excluding hydrogens is 454 g/mol. The van der Waals surface area contributed by atoms with E-state index in [2.05, 4.69) is 36.3 Å². The number of carbonyl (C=O) groups is 2. The van der Waals surface area contributed by atoms with Crippen LogP contribution in [0.2, 0.25) is 0 Å². The Bertz CT molecular complexity index is 1150. The molecule has 1 aromatic carbocycles. The minimum absolute atomic E-state index is 0.0388. The van der Waals surface area contributed by atoms with E-state index < -0.39 is 6.04 Å².